The van der Waals surface area contributed by atoms with Gasteiger partial charge >= 0.3 is 0 Å². The average molecular weight is 308 g/mol. The van der Waals surface area contributed by atoms with E-state index in [9.17, 15) is 9.59 Å². The summed E-state index contributed by atoms with van der Waals surface area (Å²) in [5, 5.41) is 3.11. The quantitative estimate of drug-likeness (QED) is 0.756. The Labute approximate surface area is 132 Å². The molecule has 1 unspecified atom stereocenters. The minimum atomic E-state index is 0.113. The molecule has 2 amide bonds. The first-order valence-electron chi connectivity index (χ1n) is 8.69. The number of carbonyl (C=O) groups excluding carboxylic acids is 2. The number of hydrogen-bond acceptors (Lipinski definition) is 4. The van der Waals surface area contributed by atoms with Crippen molar-refractivity contribution in [3.05, 3.63) is 0 Å². The Balaban J connectivity index is 1.62. The second kappa shape index (κ2) is 6.96. The summed E-state index contributed by atoms with van der Waals surface area (Å²) in [5.41, 5.74) is 5.82. The molecule has 2 saturated heterocycles. The summed E-state index contributed by atoms with van der Waals surface area (Å²) in [5.74, 6) is 0.919. The molecule has 3 rings (SSSR count). The SMILES string of the molecule is NC[C@H]1CCC[C@H]1C(=O)N1CCCC(N2CCNCC2=O)C1. The second-order valence-electron chi connectivity index (χ2n) is 6.88. The number of nitrogens with two attached hydrogens (primary N) is 1. The van der Waals surface area contributed by atoms with Crippen LogP contribution in [0.25, 0.3) is 0 Å². The van der Waals surface area contributed by atoms with Crippen molar-refractivity contribution in [3.63, 3.8) is 0 Å². The van der Waals surface area contributed by atoms with Crippen LogP contribution in [0.2, 0.25) is 0 Å². The minimum absolute atomic E-state index is 0.113. The van der Waals surface area contributed by atoms with E-state index in [1.165, 1.54) is 0 Å². The molecule has 0 aromatic carbocycles. The number of likely N-dealkylation sites (tertiary alicyclic amines) is 1. The van der Waals surface area contributed by atoms with E-state index in [1.807, 2.05) is 9.80 Å². The van der Waals surface area contributed by atoms with Crippen molar-refractivity contribution in [2.45, 2.75) is 38.1 Å². The lowest BCUT2D eigenvalue weighted by molar-refractivity contribution is -0.143. The third kappa shape index (κ3) is 3.13. The smallest absolute Gasteiger partial charge is 0.236 e. The maximum atomic E-state index is 12.8. The Bertz CT molecular complexity index is 428. The highest BCUT2D eigenvalue weighted by molar-refractivity contribution is 5.81. The van der Waals surface area contributed by atoms with E-state index in [0.29, 0.717) is 25.6 Å². The molecule has 0 spiro atoms. The molecule has 3 aliphatic rings. The van der Waals surface area contributed by atoms with Crippen molar-refractivity contribution in [3.8, 4) is 0 Å². The fraction of sp³-hybridized carbons (Fsp3) is 0.875. The lowest BCUT2D eigenvalue weighted by Gasteiger charge is -2.42. The van der Waals surface area contributed by atoms with Crippen LogP contribution in [-0.2, 0) is 9.59 Å². The second-order valence-corrected chi connectivity index (χ2v) is 6.88. The standard InChI is InChI=1S/C16H28N4O2/c17-9-12-3-1-5-14(12)16(22)19-7-2-4-13(11-19)20-8-6-18-10-15(20)21/h12-14,18H,1-11,17H2/t12-,13?,14-/m1/s1. The summed E-state index contributed by atoms with van der Waals surface area (Å²) in [4.78, 5) is 28.9. The van der Waals surface area contributed by atoms with Crippen LogP contribution >= 0.6 is 0 Å². The lowest BCUT2D eigenvalue weighted by atomic mass is 9.93. The third-order valence-electron chi connectivity index (χ3n) is 5.55. The molecule has 1 saturated carbocycles. The molecule has 6 heteroatoms. The first-order chi connectivity index (χ1) is 10.7. The number of nitrogens with one attached hydrogen (secondary N) is 1. The molecule has 3 atom stereocenters. The van der Waals surface area contributed by atoms with E-state index in [1.54, 1.807) is 0 Å². The summed E-state index contributed by atoms with van der Waals surface area (Å²) in [6, 6.07) is 0.199. The molecule has 0 aromatic rings. The van der Waals surface area contributed by atoms with Gasteiger partial charge in [0.05, 0.1) is 6.54 Å². The summed E-state index contributed by atoms with van der Waals surface area (Å²) >= 11 is 0. The maximum absolute atomic E-state index is 12.8. The van der Waals surface area contributed by atoms with E-state index in [0.717, 1.165) is 51.7 Å². The first-order valence-corrected chi connectivity index (χ1v) is 8.69. The zero-order chi connectivity index (χ0) is 15.5. The van der Waals surface area contributed by atoms with Crippen molar-refractivity contribution in [1.82, 2.24) is 15.1 Å². The molecule has 0 bridgehead atoms. The summed E-state index contributed by atoms with van der Waals surface area (Å²) in [6.45, 7) is 4.21. The molecule has 2 aliphatic heterocycles. The van der Waals surface area contributed by atoms with Gasteiger partial charge in [0.2, 0.25) is 11.8 Å². The van der Waals surface area contributed by atoms with E-state index < -0.39 is 0 Å². The van der Waals surface area contributed by atoms with E-state index >= 15 is 0 Å². The molecule has 3 N–H and O–H groups in total. The van der Waals surface area contributed by atoms with Gasteiger partial charge < -0.3 is 20.9 Å². The number of rotatable bonds is 3. The van der Waals surface area contributed by atoms with Gasteiger partial charge in [-0.3, -0.25) is 9.59 Å². The summed E-state index contributed by atoms with van der Waals surface area (Å²) < 4.78 is 0. The van der Waals surface area contributed by atoms with Crippen molar-refractivity contribution in [1.29, 1.82) is 0 Å². The molecule has 124 valence electrons. The number of piperazine rings is 1. The number of carbonyl (C=O) groups is 2. The molecule has 6 nitrogen and oxygen atoms in total. The van der Waals surface area contributed by atoms with Gasteiger partial charge in [0.25, 0.3) is 0 Å². The molecule has 22 heavy (non-hydrogen) atoms. The van der Waals surface area contributed by atoms with Crippen LogP contribution in [0.4, 0.5) is 0 Å². The number of piperidine rings is 1. The van der Waals surface area contributed by atoms with Crippen molar-refractivity contribution in [2.24, 2.45) is 17.6 Å². The average Bonchev–Trinajstić information content (AvgIpc) is 3.03. The Hall–Kier alpha value is -1.14. The van der Waals surface area contributed by atoms with Crippen molar-refractivity contribution in [2.75, 3.05) is 39.3 Å². The predicted molar refractivity (Wildman–Crippen MR) is 84.1 cm³/mol. The van der Waals surface area contributed by atoms with Gasteiger partial charge in [-0.05, 0) is 38.1 Å². The zero-order valence-electron chi connectivity index (χ0n) is 13.3. The number of nitrogens with zero attached hydrogens (tertiary/aromatic N) is 2. The fourth-order valence-electron chi connectivity index (χ4n) is 4.30. The molecular weight excluding hydrogens is 280 g/mol. The van der Waals surface area contributed by atoms with E-state index in [-0.39, 0.29) is 23.8 Å². The van der Waals surface area contributed by atoms with Gasteiger partial charge in [-0.2, -0.15) is 0 Å². The first kappa shape index (κ1) is 15.7. The minimum Gasteiger partial charge on any atom is -0.340 e. The van der Waals surface area contributed by atoms with Gasteiger partial charge in [0.15, 0.2) is 0 Å². The lowest BCUT2D eigenvalue weighted by Crippen LogP contribution is -2.58. The van der Waals surface area contributed by atoms with E-state index in [4.69, 9.17) is 5.73 Å². The maximum Gasteiger partial charge on any atom is 0.236 e. The van der Waals surface area contributed by atoms with Crippen LogP contribution in [-0.4, -0.2) is 66.9 Å². The van der Waals surface area contributed by atoms with Crippen LogP contribution in [0.3, 0.4) is 0 Å². The summed E-state index contributed by atoms with van der Waals surface area (Å²) in [7, 11) is 0. The monoisotopic (exact) mass is 308 g/mol. The summed E-state index contributed by atoms with van der Waals surface area (Å²) in [6.07, 6.45) is 5.19. The predicted octanol–water partition coefficient (Wildman–Crippen LogP) is -0.216. The van der Waals surface area contributed by atoms with Crippen molar-refractivity contribution >= 4 is 11.8 Å². The molecule has 2 heterocycles. The zero-order valence-corrected chi connectivity index (χ0v) is 13.3. The molecule has 0 radical (unpaired) electrons. The van der Waals surface area contributed by atoms with Crippen LogP contribution in [0.5, 0.6) is 0 Å². The van der Waals surface area contributed by atoms with Gasteiger partial charge in [-0.25, -0.2) is 0 Å². The van der Waals surface area contributed by atoms with Gasteiger partial charge in [-0.1, -0.05) is 6.42 Å². The molecule has 1 aliphatic carbocycles. The normalized spacial score (nSPS) is 33.3. The topological polar surface area (TPSA) is 78.7 Å². The molecule has 3 fully saturated rings. The Kier molecular flexibility index (Phi) is 4.98. The van der Waals surface area contributed by atoms with E-state index in [2.05, 4.69) is 5.32 Å². The highest BCUT2D eigenvalue weighted by Crippen LogP contribution is 2.33. The van der Waals surface area contributed by atoms with Gasteiger partial charge in [0, 0.05) is 38.1 Å². The van der Waals surface area contributed by atoms with Gasteiger partial charge in [-0.15, -0.1) is 0 Å². The Morgan fingerprint density at radius 2 is 2.09 bits per heavy atom. The molecule has 0 aromatic heterocycles. The van der Waals surface area contributed by atoms with Crippen LogP contribution < -0.4 is 11.1 Å². The highest BCUT2D eigenvalue weighted by Gasteiger charge is 2.38. The number of amides is 2. The molecular formula is C16H28N4O2. The van der Waals surface area contributed by atoms with Crippen molar-refractivity contribution < 1.29 is 9.59 Å². The largest absolute Gasteiger partial charge is 0.340 e. The fourth-order valence-corrected chi connectivity index (χ4v) is 4.30. The van der Waals surface area contributed by atoms with Crippen LogP contribution in [0.1, 0.15) is 32.1 Å². The third-order valence-corrected chi connectivity index (χ3v) is 5.55. The number of hydrogen-bond donors (Lipinski definition) is 2. The van der Waals surface area contributed by atoms with Crippen LogP contribution in [0, 0.1) is 11.8 Å². The Morgan fingerprint density at radius 3 is 2.86 bits per heavy atom. The highest BCUT2D eigenvalue weighted by atomic mass is 16.2. The van der Waals surface area contributed by atoms with Gasteiger partial charge in [0.1, 0.15) is 0 Å². The Morgan fingerprint density at radius 1 is 1.23 bits per heavy atom. The van der Waals surface area contributed by atoms with Crippen LogP contribution in [0.15, 0.2) is 0 Å².